The van der Waals surface area contributed by atoms with Crippen LogP contribution in [0.2, 0.25) is 0 Å². The van der Waals surface area contributed by atoms with Gasteiger partial charge in [0.15, 0.2) is 0 Å². The van der Waals surface area contributed by atoms with E-state index in [1.165, 1.54) is 5.56 Å². The van der Waals surface area contributed by atoms with Gasteiger partial charge in [0.05, 0.1) is 0 Å². The van der Waals surface area contributed by atoms with Gasteiger partial charge in [0.25, 0.3) is 0 Å². The number of carbonyl (C=O) groups is 1. The second-order valence-electron chi connectivity index (χ2n) is 5.54. The molecule has 3 nitrogen and oxygen atoms in total. The largest absolute Gasteiger partial charge is 0.382 e. The number of nitrogens with one attached hydrogen (secondary N) is 1. The average molecular weight is 234 g/mol. The van der Waals surface area contributed by atoms with E-state index in [0.29, 0.717) is 6.42 Å². The third-order valence-electron chi connectivity index (χ3n) is 2.67. The minimum absolute atomic E-state index is 0.0630. The topological polar surface area (TPSA) is 55.1 Å². The fourth-order valence-electron chi connectivity index (χ4n) is 1.70. The molecule has 0 saturated carbocycles. The van der Waals surface area contributed by atoms with Gasteiger partial charge in [0.1, 0.15) is 0 Å². The molecular formula is C14H22N2O. The van der Waals surface area contributed by atoms with Gasteiger partial charge < -0.3 is 11.1 Å². The smallest absolute Gasteiger partial charge is 0.219 e. The van der Waals surface area contributed by atoms with Crippen molar-refractivity contribution in [2.75, 3.05) is 5.32 Å². The van der Waals surface area contributed by atoms with Crippen LogP contribution in [0.5, 0.6) is 0 Å². The average Bonchev–Trinajstić information content (AvgIpc) is 2.15. The molecule has 0 aliphatic heterocycles. The molecule has 1 amide bonds. The summed E-state index contributed by atoms with van der Waals surface area (Å²) in [5.74, 6) is -0.281. The Kier molecular flexibility index (Phi) is 4.16. The van der Waals surface area contributed by atoms with Gasteiger partial charge in [0, 0.05) is 18.2 Å². The molecule has 0 spiro atoms. The number of rotatable bonds is 4. The van der Waals surface area contributed by atoms with Gasteiger partial charge in [-0.15, -0.1) is 0 Å². The van der Waals surface area contributed by atoms with Crippen molar-refractivity contribution in [1.82, 2.24) is 0 Å². The molecule has 0 aromatic heterocycles. The van der Waals surface area contributed by atoms with Crippen molar-refractivity contribution in [3.8, 4) is 0 Å². The first kappa shape index (κ1) is 13.6. The minimum Gasteiger partial charge on any atom is -0.382 e. The fraction of sp³-hybridized carbons (Fsp3) is 0.500. The minimum atomic E-state index is -0.281. The molecule has 0 heterocycles. The molecule has 94 valence electrons. The highest BCUT2D eigenvalue weighted by Gasteiger charge is 2.13. The highest BCUT2D eigenvalue weighted by Crippen LogP contribution is 2.23. The lowest BCUT2D eigenvalue weighted by atomic mass is 9.87. The number of nitrogens with two attached hydrogens (primary N) is 1. The van der Waals surface area contributed by atoms with Crippen LogP contribution in [0.3, 0.4) is 0 Å². The van der Waals surface area contributed by atoms with Gasteiger partial charge in [-0.3, -0.25) is 4.79 Å². The van der Waals surface area contributed by atoms with Crippen molar-refractivity contribution < 1.29 is 4.79 Å². The molecule has 0 aliphatic rings. The third kappa shape index (κ3) is 4.47. The number of hydrogen-bond acceptors (Lipinski definition) is 2. The molecule has 0 aliphatic carbocycles. The van der Waals surface area contributed by atoms with Crippen LogP contribution in [0.4, 0.5) is 5.69 Å². The summed E-state index contributed by atoms with van der Waals surface area (Å²) >= 11 is 0. The Morgan fingerprint density at radius 2 is 1.82 bits per heavy atom. The van der Waals surface area contributed by atoms with Crippen molar-refractivity contribution in [3.05, 3.63) is 29.8 Å². The van der Waals surface area contributed by atoms with E-state index in [1.54, 1.807) is 0 Å². The first-order valence-corrected chi connectivity index (χ1v) is 5.94. The first-order valence-electron chi connectivity index (χ1n) is 5.94. The summed E-state index contributed by atoms with van der Waals surface area (Å²) in [7, 11) is 0. The molecule has 1 rings (SSSR count). The number of amides is 1. The number of carbonyl (C=O) groups excluding carboxylic acids is 1. The summed E-state index contributed by atoms with van der Waals surface area (Å²) in [4.78, 5) is 10.8. The van der Waals surface area contributed by atoms with Crippen LogP contribution in [0, 0.1) is 0 Å². The van der Waals surface area contributed by atoms with Gasteiger partial charge >= 0.3 is 0 Å². The summed E-state index contributed by atoms with van der Waals surface area (Å²) in [6, 6.07) is 8.36. The molecule has 17 heavy (non-hydrogen) atoms. The molecule has 1 aromatic rings. The Bertz CT molecular complexity index is 376. The zero-order valence-electron chi connectivity index (χ0n) is 11.1. The van der Waals surface area contributed by atoms with Crippen LogP contribution in [0.15, 0.2) is 24.3 Å². The van der Waals surface area contributed by atoms with Crippen LogP contribution < -0.4 is 11.1 Å². The lowest BCUT2D eigenvalue weighted by Gasteiger charge is -2.20. The number of benzene rings is 1. The normalized spacial score (nSPS) is 13.2. The number of anilines is 1. The van der Waals surface area contributed by atoms with Gasteiger partial charge in [-0.1, -0.05) is 32.9 Å². The van der Waals surface area contributed by atoms with E-state index in [4.69, 9.17) is 5.73 Å². The standard InChI is InChI=1S/C14H22N2O/c1-10(9-13(15)17)16-12-7-5-11(6-8-12)14(2,3)4/h5-8,10,16H,9H2,1-4H3,(H2,15,17). The predicted molar refractivity (Wildman–Crippen MR) is 72.0 cm³/mol. The lowest BCUT2D eigenvalue weighted by Crippen LogP contribution is -2.24. The molecule has 0 saturated heterocycles. The van der Waals surface area contributed by atoms with Gasteiger partial charge in [-0.05, 0) is 30.0 Å². The summed E-state index contributed by atoms with van der Waals surface area (Å²) in [5, 5.41) is 3.25. The molecule has 0 fully saturated rings. The van der Waals surface area contributed by atoms with Crippen LogP contribution in [-0.2, 0) is 10.2 Å². The van der Waals surface area contributed by atoms with Crippen molar-refractivity contribution >= 4 is 11.6 Å². The Balaban J connectivity index is 2.66. The van der Waals surface area contributed by atoms with Gasteiger partial charge in [0.2, 0.25) is 5.91 Å². The summed E-state index contributed by atoms with van der Waals surface area (Å²) < 4.78 is 0. The molecule has 0 bridgehead atoms. The highest BCUT2D eigenvalue weighted by atomic mass is 16.1. The zero-order chi connectivity index (χ0) is 13.1. The van der Waals surface area contributed by atoms with Crippen molar-refractivity contribution in [2.24, 2.45) is 5.73 Å². The molecule has 3 N–H and O–H groups in total. The Labute approximate surface area is 103 Å². The second kappa shape index (κ2) is 5.21. The van der Waals surface area contributed by atoms with E-state index in [0.717, 1.165) is 5.69 Å². The van der Waals surface area contributed by atoms with Crippen molar-refractivity contribution in [1.29, 1.82) is 0 Å². The Hall–Kier alpha value is -1.51. The van der Waals surface area contributed by atoms with E-state index in [-0.39, 0.29) is 17.4 Å². The van der Waals surface area contributed by atoms with Crippen LogP contribution in [0.25, 0.3) is 0 Å². The highest BCUT2D eigenvalue weighted by molar-refractivity contribution is 5.74. The van der Waals surface area contributed by atoms with E-state index < -0.39 is 0 Å². The summed E-state index contributed by atoms with van der Waals surface area (Å²) in [5.41, 5.74) is 7.63. The molecular weight excluding hydrogens is 212 g/mol. The molecule has 1 unspecified atom stereocenters. The Morgan fingerprint density at radius 1 is 1.29 bits per heavy atom. The maximum Gasteiger partial charge on any atom is 0.219 e. The Morgan fingerprint density at radius 3 is 2.24 bits per heavy atom. The number of hydrogen-bond donors (Lipinski definition) is 2. The second-order valence-corrected chi connectivity index (χ2v) is 5.54. The molecule has 1 aromatic carbocycles. The maximum absolute atomic E-state index is 10.8. The summed E-state index contributed by atoms with van der Waals surface area (Å²) in [6.07, 6.45) is 0.348. The van der Waals surface area contributed by atoms with Crippen LogP contribution in [-0.4, -0.2) is 11.9 Å². The van der Waals surface area contributed by atoms with Gasteiger partial charge in [-0.2, -0.15) is 0 Å². The van der Waals surface area contributed by atoms with E-state index in [9.17, 15) is 4.79 Å². The van der Waals surface area contributed by atoms with E-state index in [2.05, 4.69) is 38.2 Å². The van der Waals surface area contributed by atoms with E-state index >= 15 is 0 Å². The van der Waals surface area contributed by atoms with Gasteiger partial charge in [-0.25, -0.2) is 0 Å². The number of primary amides is 1. The molecule has 3 heteroatoms. The van der Waals surface area contributed by atoms with Crippen LogP contribution >= 0.6 is 0 Å². The third-order valence-corrected chi connectivity index (χ3v) is 2.67. The van der Waals surface area contributed by atoms with Crippen molar-refractivity contribution in [3.63, 3.8) is 0 Å². The maximum atomic E-state index is 10.8. The fourth-order valence-corrected chi connectivity index (χ4v) is 1.70. The van der Waals surface area contributed by atoms with Crippen molar-refractivity contribution in [2.45, 2.75) is 45.6 Å². The lowest BCUT2D eigenvalue weighted by molar-refractivity contribution is -0.118. The zero-order valence-corrected chi connectivity index (χ0v) is 11.1. The van der Waals surface area contributed by atoms with Crippen LogP contribution in [0.1, 0.15) is 39.7 Å². The van der Waals surface area contributed by atoms with E-state index in [1.807, 2.05) is 19.1 Å². The predicted octanol–water partition coefficient (Wildman–Crippen LogP) is 2.66. The quantitative estimate of drug-likeness (QED) is 0.841. The molecule has 1 atom stereocenters. The summed E-state index contributed by atoms with van der Waals surface area (Å²) in [6.45, 7) is 8.50. The first-order chi connectivity index (χ1) is 7.79. The molecule has 0 radical (unpaired) electrons. The monoisotopic (exact) mass is 234 g/mol. The SMILES string of the molecule is CC(CC(N)=O)Nc1ccc(C(C)(C)C)cc1.